The minimum atomic E-state index is -0.0450. The van der Waals surface area contributed by atoms with Crippen LogP contribution in [0.3, 0.4) is 0 Å². The van der Waals surface area contributed by atoms with E-state index in [2.05, 4.69) is 59.3 Å². The first-order valence-electron chi connectivity index (χ1n) is 10.8. The van der Waals surface area contributed by atoms with Crippen molar-refractivity contribution in [3.63, 3.8) is 0 Å². The van der Waals surface area contributed by atoms with Crippen LogP contribution in [0.4, 0.5) is 5.69 Å². The Bertz CT molecular complexity index is 910. The lowest BCUT2D eigenvalue weighted by Gasteiger charge is -2.43. The average Bonchev–Trinajstić information content (AvgIpc) is 2.81. The first kappa shape index (κ1) is 20.2. The number of rotatable bonds is 6. The molecule has 2 aromatic carbocycles. The Hall–Kier alpha value is -3.05. The molecule has 0 spiro atoms. The molecule has 2 heterocycles. The van der Waals surface area contributed by atoms with Gasteiger partial charge in [0.15, 0.2) is 0 Å². The van der Waals surface area contributed by atoms with Crippen LogP contribution in [0.15, 0.2) is 78.6 Å². The van der Waals surface area contributed by atoms with Crippen molar-refractivity contribution in [2.24, 2.45) is 0 Å². The zero-order valence-electron chi connectivity index (χ0n) is 17.5. The van der Waals surface area contributed by atoms with Crippen LogP contribution >= 0.6 is 0 Å². The molecule has 30 heavy (non-hydrogen) atoms. The van der Waals surface area contributed by atoms with Crippen LogP contribution in [0.2, 0.25) is 0 Å². The summed E-state index contributed by atoms with van der Waals surface area (Å²) in [7, 11) is 0. The van der Waals surface area contributed by atoms with E-state index in [0.717, 1.165) is 56.0 Å². The Morgan fingerprint density at radius 2 is 1.80 bits per heavy atom. The standard InChI is InChI=1S/C25H30N4O/c1-2-27-25(21-6-4-3-5-7-21)14-18-29(19-15-25)24(30)20-8-10-22(11-9-20)28-23-12-16-26-17-13-23/h3-13,16,26-28H,2,14-15,17-19H2,1H3. The predicted octanol–water partition coefficient (Wildman–Crippen LogP) is 3.84. The Morgan fingerprint density at radius 3 is 2.43 bits per heavy atom. The van der Waals surface area contributed by atoms with Crippen LogP contribution in [0.1, 0.15) is 35.7 Å². The van der Waals surface area contributed by atoms with E-state index in [1.54, 1.807) is 0 Å². The molecule has 2 aliphatic heterocycles. The van der Waals surface area contributed by atoms with E-state index < -0.39 is 0 Å². The number of piperidine rings is 1. The molecule has 0 radical (unpaired) electrons. The number of hydrogen-bond acceptors (Lipinski definition) is 4. The Kier molecular flexibility index (Phi) is 6.19. The van der Waals surface area contributed by atoms with E-state index in [4.69, 9.17) is 0 Å². The number of dihydropyridines is 1. The van der Waals surface area contributed by atoms with E-state index in [-0.39, 0.29) is 11.4 Å². The molecule has 5 nitrogen and oxygen atoms in total. The van der Waals surface area contributed by atoms with Gasteiger partial charge in [-0.2, -0.15) is 0 Å². The lowest BCUT2D eigenvalue weighted by atomic mass is 9.80. The molecule has 2 aliphatic rings. The second kappa shape index (κ2) is 9.18. The largest absolute Gasteiger partial charge is 0.387 e. The number of anilines is 1. The summed E-state index contributed by atoms with van der Waals surface area (Å²) in [6.45, 7) is 5.39. The highest BCUT2D eigenvalue weighted by atomic mass is 16.2. The molecule has 0 saturated carbocycles. The number of benzene rings is 2. The van der Waals surface area contributed by atoms with Crippen LogP contribution in [-0.4, -0.2) is 37.0 Å². The molecule has 0 atom stereocenters. The normalized spacial score (nSPS) is 17.8. The Labute approximate surface area is 178 Å². The second-order valence-electron chi connectivity index (χ2n) is 7.87. The summed E-state index contributed by atoms with van der Waals surface area (Å²) < 4.78 is 0. The fraction of sp³-hybridized carbons (Fsp3) is 0.320. The van der Waals surface area contributed by atoms with Gasteiger partial charge in [-0.05, 0) is 67.6 Å². The summed E-state index contributed by atoms with van der Waals surface area (Å²) >= 11 is 0. The third kappa shape index (κ3) is 4.41. The van der Waals surface area contributed by atoms with Gasteiger partial charge in [-0.15, -0.1) is 0 Å². The van der Waals surface area contributed by atoms with Crippen molar-refractivity contribution < 1.29 is 4.79 Å². The molecule has 1 saturated heterocycles. The maximum atomic E-state index is 13.1. The Morgan fingerprint density at radius 1 is 1.07 bits per heavy atom. The van der Waals surface area contributed by atoms with Crippen molar-refractivity contribution in [3.05, 3.63) is 89.8 Å². The van der Waals surface area contributed by atoms with Gasteiger partial charge in [0, 0.05) is 42.1 Å². The molecular formula is C25H30N4O. The molecule has 4 rings (SSSR count). The highest BCUT2D eigenvalue weighted by Crippen LogP contribution is 2.33. The van der Waals surface area contributed by atoms with Gasteiger partial charge in [-0.3, -0.25) is 4.79 Å². The average molecular weight is 403 g/mol. The van der Waals surface area contributed by atoms with Gasteiger partial charge in [0.2, 0.25) is 0 Å². The van der Waals surface area contributed by atoms with E-state index in [1.807, 2.05) is 41.4 Å². The van der Waals surface area contributed by atoms with Crippen LogP contribution in [0.5, 0.6) is 0 Å². The number of carbonyl (C=O) groups excluding carboxylic acids is 1. The summed E-state index contributed by atoms with van der Waals surface area (Å²) in [5, 5.41) is 10.2. The first-order chi connectivity index (χ1) is 14.7. The third-order valence-electron chi connectivity index (χ3n) is 5.99. The van der Waals surface area contributed by atoms with Crippen LogP contribution in [0, 0.1) is 0 Å². The topological polar surface area (TPSA) is 56.4 Å². The van der Waals surface area contributed by atoms with Gasteiger partial charge in [0.25, 0.3) is 5.91 Å². The minimum Gasteiger partial charge on any atom is -0.387 e. The SMILES string of the molecule is CCNC1(c2ccccc2)CCN(C(=O)c2ccc(NC3=CCNC=C3)cc2)CC1. The second-order valence-corrected chi connectivity index (χ2v) is 7.87. The maximum absolute atomic E-state index is 13.1. The van der Waals surface area contributed by atoms with Gasteiger partial charge in [0.05, 0.1) is 0 Å². The fourth-order valence-corrected chi connectivity index (χ4v) is 4.35. The van der Waals surface area contributed by atoms with Crippen molar-refractivity contribution in [3.8, 4) is 0 Å². The zero-order valence-corrected chi connectivity index (χ0v) is 17.5. The van der Waals surface area contributed by atoms with E-state index >= 15 is 0 Å². The molecule has 1 amide bonds. The quantitative estimate of drug-likeness (QED) is 0.687. The summed E-state index contributed by atoms with van der Waals surface area (Å²) in [4.78, 5) is 15.0. The molecule has 0 unspecified atom stereocenters. The van der Waals surface area contributed by atoms with Gasteiger partial charge >= 0.3 is 0 Å². The van der Waals surface area contributed by atoms with Crippen LogP contribution < -0.4 is 16.0 Å². The Balaban J connectivity index is 1.40. The molecule has 0 aliphatic carbocycles. The molecule has 2 aromatic rings. The van der Waals surface area contributed by atoms with Crippen LogP contribution in [-0.2, 0) is 5.54 Å². The molecule has 5 heteroatoms. The number of likely N-dealkylation sites (tertiary alicyclic amines) is 1. The van der Waals surface area contributed by atoms with E-state index in [1.165, 1.54) is 5.56 Å². The maximum Gasteiger partial charge on any atom is 0.253 e. The number of carbonyl (C=O) groups is 1. The molecule has 156 valence electrons. The van der Waals surface area contributed by atoms with Crippen molar-refractivity contribution in [2.75, 3.05) is 31.5 Å². The van der Waals surface area contributed by atoms with E-state index in [0.29, 0.717) is 0 Å². The van der Waals surface area contributed by atoms with Crippen LogP contribution in [0.25, 0.3) is 0 Å². The third-order valence-corrected chi connectivity index (χ3v) is 5.99. The highest BCUT2D eigenvalue weighted by Gasteiger charge is 2.36. The minimum absolute atomic E-state index is 0.0450. The lowest BCUT2D eigenvalue weighted by Crippen LogP contribution is -2.52. The van der Waals surface area contributed by atoms with Crippen molar-refractivity contribution in [2.45, 2.75) is 25.3 Å². The number of hydrogen-bond donors (Lipinski definition) is 3. The molecule has 3 N–H and O–H groups in total. The fourth-order valence-electron chi connectivity index (χ4n) is 4.35. The summed E-state index contributed by atoms with van der Waals surface area (Å²) in [6, 6.07) is 18.4. The number of amides is 1. The smallest absolute Gasteiger partial charge is 0.253 e. The molecule has 1 fully saturated rings. The molecule has 0 bridgehead atoms. The predicted molar refractivity (Wildman–Crippen MR) is 122 cm³/mol. The van der Waals surface area contributed by atoms with Gasteiger partial charge in [-0.25, -0.2) is 0 Å². The van der Waals surface area contributed by atoms with Crippen molar-refractivity contribution >= 4 is 11.6 Å². The first-order valence-corrected chi connectivity index (χ1v) is 10.8. The highest BCUT2D eigenvalue weighted by molar-refractivity contribution is 5.94. The number of nitrogens with one attached hydrogen (secondary N) is 3. The summed E-state index contributed by atoms with van der Waals surface area (Å²) in [6.07, 6.45) is 7.87. The summed E-state index contributed by atoms with van der Waals surface area (Å²) in [5.41, 5.74) is 4.06. The summed E-state index contributed by atoms with van der Waals surface area (Å²) in [5.74, 6) is 0.112. The zero-order chi connectivity index (χ0) is 20.8. The monoisotopic (exact) mass is 402 g/mol. The van der Waals surface area contributed by atoms with Crippen molar-refractivity contribution in [1.82, 2.24) is 15.5 Å². The van der Waals surface area contributed by atoms with Gasteiger partial charge in [0.1, 0.15) is 0 Å². The number of allylic oxidation sites excluding steroid dienone is 1. The van der Waals surface area contributed by atoms with E-state index in [9.17, 15) is 4.79 Å². The molecular weight excluding hydrogens is 372 g/mol. The number of nitrogens with zero attached hydrogens (tertiary/aromatic N) is 1. The van der Waals surface area contributed by atoms with Gasteiger partial charge < -0.3 is 20.9 Å². The lowest BCUT2D eigenvalue weighted by molar-refractivity contribution is 0.0639. The molecule has 0 aromatic heterocycles. The van der Waals surface area contributed by atoms with Gasteiger partial charge in [-0.1, -0.05) is 37.3 Å². The van der Waals surface area contributed by atoms with Crippen molar-refractivity contribution in [1.29, 1.82) is 0 Å².